The van der Waals surface area contributed by atoms with Crippen LogP contribution in [0.3, 0.4) is 0 Å². The molecule has 1 aromatic heterocycles. The molecule has 20 heavy (non-hydrogen) atoms. The summed E-state index contributed by atoms with van der Waals surface area (Å²) in [6.45, 7) is 0.687. The molecule has 0 spiro atoms. The molecular weight excluding hydrogens is 288 g/mol. The normalized spacial score (nSPS) is 10.9. The average Bonchev–Trinajstić information content (AvgIpc) is 2.83. The Morgan fingerprint density at radius 3 is 2.55 bits per heavy atom. The van der Waals surface area contributed by atoms with Crippen LogP contribution in [0.2, 0.25) is 5.02 Å². The molecule has 3 rings (SSSR count). The molecule has 0 atom stereocenters. The summed E-state index contributed by atoms with van der Waals surface area (Å²) in [7, 11) is 0. The topological polar surface area (TPSA) is 27.8 Å². The van der Waals surface area contributed by atoms with Gasteiger partial charge in [0.2, 0.25) is 0 Å². The third-order valence-corrected chi connectivity index (χ3v) is 4.45. The summed E-state index contributed by atoms with van der Waals surface area (Å²) in [4.78, 5) is 4.62. The van der Waals surface area contributed by atoms with E-state index in [1.165, 1.54) is 4.90 Å². The number of anilines is 1. The number of nitrogens with one attached hydrogen (secondary N) is 2. The molecule has 0 saturated heterocycles. The van der Waals surface area contributed by atoms with E-state index < -0.39 is 0 Å². The number of rotatable bonds is 4. The fourth-order valence-electron chi connectivity index (χ4n) is 2.18. The molecule has 2 N–H and O–H groups in total. The molecule has 0 bridgehead atoms. The lowest BCUT2D eigenvalue weighted by Gasteiger charge is -2.06. The molecule has 0 unspecified atom stereocenters. The third-order valence-electron chi connectivity index (χ3n) is 3.27. The Morgan fingerprint density at radius 2 is 1.85 bits per heavy atom. The second-order valence-corrected chi connectivity index (χ2v) is 5.80. The maximum atomic E-state index is 6.40. The van der Waals surface area contributed by atoms with E-state index in [0.717, 1.165) is 27.3 Å². The predicted molar refractivity (Wildman–Crippen MR) is 88.9 cm³/mol. The van der Waals surface area contributed by atoms with Gasteiger partial charge in [0.15, 0.2) is 0 Å². The minimum atomic E-state index is 0.687. The van der Waals surface area contributed by atoms with E-state index in [1.807, 2.05) is 24.3 Å². The number of para-hydroxylation sites is 1. The van der Waals surface area contributed by atoms with Crippen LogP contribution in [0.25, 0.3) is 10.9 Å². The van der Waals surface area contributed by atoms with E-state index >= 15 is 0 Å². The van der Waals surface area contributed by atoms with Gasteiger partial charge >= 0.3 is 0 Å². The lowest BCUT2D eigenvalue weighted by molar-refractivity contribution is 1.08. The molecule has 0 aliphatic heterocycles. The monoisotopic (exact) mass is 302 g/mol. The van der Waals surface area contributed by atoms with Crippen LogP contribution < -0.4 is 5.32 Å². The number of H-pyrrole nitrogens is 1. The Bertz CT molecular complexity index is 719. The van der Waals surface area contributed by atoms with Gasteiger partial charge in [-0.2, -0.15) is 0 Å². The summed E-state index contributed by atoms with van der Waals surface area (Å²) in [6.07, 6.45) is 2.08. The first-order valence-electron chi connectivity index (χ1n) is 6.41. The number of halogens is 1. The second kappa shape index (κ2) is 5.81. The van der Waals surface area contributed by atoms with Crippen molar-refractivity contribution in [2.45, 2.75) is 11.4 Å². The molecule has 0 radical (unpaired) electrons. The smallest absolute Gasteiger partial charge is 0.0710 e. The van der Waals surface area contributed by atoms with Crippen LogP contribution in [0.15, 0.2) is 53.4 Å². The van der Waals surface area contributed by atoms with Crippen molar-refractivity contribution in [2.75, 3.05) is 11.6 Å². The molecule has 4 heteroatoms. The van der Waals surface area contributed by atoms with Crippen LogP contribution in [-0.4, -0.2) is 11.2 Å². The van der Waals surface area contributed by atoms with Crippen molar-refractivity contribution in [1.82, 2.24) is 4.98 Å². The van der Waals surface area contributed by atoms with Gasteiger partial charge in [0, 0.05) is 21.5 Å². The fourth-order valence-corrected chi connectivity index (χ4v) is 2.87. The zero-order valence-corrected chi connectivity index (χ0v) is 12.7. The molecule has 3 aromatic rings. The first kappa shape index (κ1) is 13.4. The van der Waals surface area contributed by atoms with E-state index in [4.69, 9.17) is 11.6 Å². The van der Waals surface area contributed by atoms with E-state index in [2.05, 4.69) is 40.8 Å². The van der Waals surface area contributed by atoms with Gasteiger partial charge in [-0.25, -0.2) is 0 Å². The molecule has 2 nitrogen and oxygen atoms in total. The molecule has 0 aliphatic carbocycles. The van der Waals surface area contributed by atoms with Gasteiger partial charge in [0.25, 0.3) is 0 Å². The summed E-state index contributed by atoms with van der Waals surface area (Å²) >= 11 is 8.14. The van der Waals surface area contributed by atoms with Crippen molar-refractivity contribution in [3.05, 3.63) is 59.2 Å². The lowest BCUT2D eigenvalue weighted by Crippen LogP contribution is -1.99. The number of aromatic amines is 1. The van der Waals surface area contributed by atoms with Crippen LogP contribution in [-0.2, 0) is 6.54 Å². The first-order chi connectivity index (χ1) is 9.78. The van der Waals surface area contributed by atoms with Gasteiger partial charge in [-0.3, -0.25) is 0 Å². The standard InChI is InChI=1S/C16H15ClN2S/c1-20-12-8-6-11(7-9-12)18-10-15-16(17)13-4-2-3-5-14(13)19-15/h2-9,18-19H,10H2,1H3. The van der Waals surface area contributed by atoms with Gasteiger partial charge in [0.1, 0.15) is 0 Å². The van der Waals surface area contributed by atoms with E-state index in [-0.39, 0.29) is 0 Å². The fraction of sp³-hybridized carbons (Fsp3) is 0.125. The van der Waals surface area contributed by atoms with Crippen LogP contribution in [0.4, 0.5) is 5.69 Å². The van der Waals surface area contributed by atoms with Crippen molar-refractivity contribution in [1.29, 1.82) is 0 Å². The van der Waals surface area contributed by atoms with Crippen LogP contribution in [0, 0.1) is 0 Å². The maximum Gasteiger partial charge on any atom is 0.0710 e. The summed E-state index contributed by atoms with van der Waals surface area (Å²) < 4.78 is 0. The number of thioether (sulfide) groups is 1. The largest absolute Gasteiger partial charge is 0.379 e. The maximum absolute atomic E-state index is 6.40. The van der Waals surface area contributed by atoms with Gasteiger partial charge in [-0.05, 0) is 36.6 Å². The number of hydrogen-bond acceptors (Lipinski definition) is 2. The van der Waals surface area contributed by atoms with Gasteiger partial charge in [-0.1, -0.05) is 29.8 Å². The Labute approximate surface area is 127 Å². The van der Waals surface area contributed by atoms with Crippen LogP contribution >= 0.6 is 23.4 Å². The van der Waals surface area contributed by atoms with Crippen molar-refractivity contribution in [3.8, 4) is 0 Å². The molecule has 0 aliphatic rings. The van der Waals surface area contributed by atoms with Crippen molar-refractivity contribution < 1.29 is 0 Å². The summed E-state index contributed by atoms with van der Waals surface area (Å²) in [5.74, 6) is 0. The zero-order chi connectivity index (χ0) is 13.9. The molecule has 0 saturated carbocycles. The molecule has 102 valence electrons. The number of hydrogen-bond donors (Lipinski definition) is 2. The minimum absolute atomic E-state index is 0.687. The van der Waals surface area contributed by atoms with Gasteiger partial charge in [-0.15, -0.1) is 11.8 Å². The average molecular weight is 303 g/mol. The van der Waals surface area contributed by atoms with Crippen molar-refractivity contribution in [2.24, 2.45) is 0 Å². The molecule has 1 heterocycles. The summed E-state index contributed by atoms with van der Waals surface area (Å²) in [6, 6.07) is 16.5. The number of fused-ring (bicyclic) bond motifs is 1. The highest BCUT2D eigenvalue weighted by atomic mass is 35.5. The minimum Gasteiger partial charge on any atom is -0.379 e. The second-order valence-electron chi connectivity index (χ2n) is 4.55. The van der Waals surface area contributed by atoms with E-state index in [9.17, 15) is 0 Å². The van der Waals surface area contributed by atoms with E-state index in [0.29, 0.717) is 6.54 Å². The summed E-state index contributed by atoms with van der Waals surface area (Å²) in [5.41, 5.74) is 3.19. The lowest BCUT2D eigenvalue weighted by atomic mass is 10.2. The molecule has 0 fully saturated rings. The predicted octanol–water partition coefficient (Wildman–Crippen LogP) is 5.16. The molecule has 0 amide bonds. The number of aromatic nitrogens is 1. The zero-order valence-electron chi connectivity index (χ0n) is 11.1. The van der Waals surface area contributed by atoms with Crippen molar-refractivity contribution in [3.63, 3.8) is 0 Å². The third kappa shape index (κ3) is 2.65. The molecular formula is C16H15ClN2S. The van der Waals surface area contributed by atoms with Crippen LogP contribution in [0.1, 0.15) is 5.69 Å². The SMILES string of the molecule is CSc1ccc(NCc2[nH]c3ccccc3c2Cl)cc1. The van der Waals surface area contributed by atoms with Crippen LogP contribution in [0.5, 0.6) is 0 Å². The first-order valence-corrected chi connectivity index (χ1v) is 8.01. The van der Waals surface area contributed by atoms with Gasteiger partial charge < -0.3 is 10.3 Å². The molecule has 2 aromatic carbocycles. The summed E-state index contributed by atoms with van der Waals surface area (Å²) in [5, 5.41) is 5.26. The quantitative estimate of drug-likeness (QED) is 0.652. The van der Waals surface area contributed by atoms with Crippen molar-refractivity contribution >= 4 is 40.0 Å². The van der Waals surface area contributed by atoms with Gasteiger partial charge in [0.05, 0.1) is 17.3 Å². The van der Waals surface area contributed by atoms with E-state index in [1.54, 1.807) is 11.8 Å². The number of benzene rings is 2. The highest BCUT2D eigenvalue weighted by Gasteiger charge is 2.08. The Morgan fingerprint density at radius 1 is 1.10 bits per heavy atom. The highest BCUT2D eigenvalue weighted by Crippen LogP contribution is 2.27. The Hall–Kier alpha value is -1.58. The Balaban J connectivity index is 1.77. The Kier molecular flexibility index (Phi) is 3.90. The highest BCUT2D eigenvalue weighted by molar-refractivity contribution is 7.98.